The van der Waals surface area contributed by atoms with Crippen LogP contribution in [-0.2, 0) is 9.53 Å². The molecule has 0 amide bonds. The summed E-state index contributed by atoms with van der Waals surface area (Å²) < 4.78 is 5.10. The van der Waals surface area contributed by atoms with Crippen LogP contribution in [0.4, 0.5) is 5.69 Å². The molecule has 0 bridgehead atoms. The number of ether oxygens (including phenoxy) is 1. The van der Waals surface area contributed by atoms with Crippen molar-refractivity contribution < 1.29 is 14.3 Å². The van der Waals surface area contributed by atoms with E-state index in [1.165, 1.54) is 11.8 Å². The maximum atomic E-state index is 13.1. The molecule has 0 N–H and O–H groups in total. The first-order chi connectivity index (χ1) is 13.2. The number of esters is 1. The Morgan fingerprint density at radius 1 is 1.15 bits per heavy atom. The Kier molecular flexibility index (Phi) is 5.05. The smallest absolute Gasteiger partial charge is 0.365 e. The molecule has 136 valence electrons. The van der Waals surface area contributed by atoms with Crippen molar-refractivity contribution in [2.24, 2.45) is 5.10 Å². The van der Waals surface area contributed by atoms with Crippen LogP contribution < -0.4 is 5.01 Å². The third-order valence-corrected chi connectivity index (χ3v) is 6.22. The average molecular weight is 396 g/mol. The molecule has 0 aromatic heterocycles. The zero-order valence-electron chi connectivity index (χ0n) is 14.5. The number of nitrogens with zero attached hydrogens (tertiary/aromatic N) is 2. The molecule has 2 heterocycles. The number of thioether (sulfide) groups is 2. The molecule has 2 aliphatic rings. The summed E-state index contributed by atoms with van der Waals surface area (Å²) >= 11 is 2.81. The quantitative estimate of drug-likeness (QED) is 0.569. The van der Waals surface area contributed by atoms with Crippen LogP contribution in [0.2, 0.25) is 0 Å². The second kappa shape index (κ2) is 7.62. The van der Waals surface area contributed by atoms with Crippen molar-refractivity contribution in [2.75, 3.05) is 17.4 Å². The monoisotopic (exact) mass is 396 g/mol. The fourth-order valence-corrected chi connectivity index (χ4v) is 4.94. The molecular weight excluding hydrogens is 380 g/mol. The van der Waals surface area contributed by atoms with Gasteiger partial charge in [0.05, 0.1) is 12.3 Å². The Hall–Kier alpha value is -2.51. The predicted molar refractivity (Wildman–Crippen MR) is 109 cm³/mol. The maximum Gasteiger partial charge on any atom is 0.365 e. The molecule has 2 aromatic rings. The molecule has 0 saturated heterocycles. The first-order valence-electron chi connectivity index (χ1n) is 8.47. The molecule has 7 heteroatoms. The first kappa shape index (κ1) is 17.9. The van der Waals surface area contributed by atoms with E-state index >= 15 is 0 Å². The number of carbonyl (C=O) groups is 2. The van der Waals surface area contributed by atoms with E-state index in [2.05, 4.69) is 5.10 Å². The SMILES string of the molecule is CCOC(=O)C1=NN(c2ccccc2)/C(=C2\CSc3ccccc3C2=O)S1. The molecular formula is C20H16N2O3S2. The molecule has 27 heavy (non-hydrogen) atoms. The van der Waals surface area contributed by atoms with Gasteiger partial charge in [0.2, 0.25) is 5.04 Å². The van der Waals surface area contributed by atoms with E-state index in [9.17, 15) is 9.59 Å². The van der Waals surface area contributed by atoms with Crippen molar-refractivity contribution in [1.29, 1.82) is 0 Å². The van der Waals surface area contributed by atoms with Crippen molar-refractivity contribution in [3.8, 4) is 0 Å². The minimum absolute atomic E-state index is 0.0203. The third kappa shape index (κ3) is 3.40. The lowest BCUT2D eigenvalue weighted by atomic mass is 10.0. The van der Waals surface area contributed by atoms with Crippen LogP contribution >= 0.6 is 23.5 Å². The van der Waals surface area contributed by atoms with Crippen LogP contribution in [0.5, 0.6) is 0 Å². The Bertz CT molecular complexity index is 970. The second-order valence-electron chi connectivity index (χ2n) is 5.77. The minimum atomic E-state index is -0.477. The van der Waals surface area contributed by atoms with E-state index in [0.717, 1.165) is 10.6 Å². The van der Waals surface area contributed by atoms with Gasteiger partial charge in [-0.3, -0.25) is 4.79 Å². The topological polar surface area (TPSA) is 59.0 Å². The third-order valence-electron chi connectivity index (χ3n) is 4.06. The van der Waals surface area contributed by atoms with Crippen LogP contribution in [0.25, 0.3) is 0 Å². The highest BCUT2D eigenvalue weighted by atomic mass is 32.2. The van der Waals surface area contributed by atoms with Gasteiger partial charge in [-0.1, -0.05) is 30.3 Å². The number of Topliss-reactive ketones (excluding diaryl/α,β-unsaturated/α-hetero) is 1. The van der Waals surface area contributed by atoms with Gasteiger partial charge in [0.15, 0.2) is 5.78 Å². The molecule has 0 atom stereocenters. The maximum absolute atomic E-state index is 13.1. The Labute approximate surface area is 165 Å². The minimum Gasteiger partial charge on any atom is -0.461 e. The Balaban J connectivity index is 1.78. The number of carbonyl (C=O) groups excluding carboxylic acids is 2. The largest absolute Gasteiger partial charge is 0.461 e. The van der Waals surface area contributed by atoms with Crippen LogP contribution in [0.3, 0.4) is 0 Å². The van der Waals surface area contributed by atoms with Crippen molar-refractivity contribution in [3.05, 3.63) is 70.8 Å². The van der Waals surface area contributed by atoms with E-state index in [4.69, 9.17) is 4.74 Å². The van der Waals surface area contributed by atoms with Gasteiger partial charge in [-0.25, -0.2) is 9.80 Å². The normalized spacial score (nSPS) is 18.9. The number of para-hydroxylation sites is 1. The van der Waals surface area contributed by atoms with Crippen LogP contribution in [0.15, 0.2) is 75.2 Å². The van der Waals surface area contributed by atoms with Gasteiger partial charge in [0.1, 0.15) is 5.03 Å². The molecule has 0 spiro atoms. The molecule has 4 rings (SSSR count). The van der Waals surface area contributed by atoms with Crippen LogP contribution in [0.1, 0.15) is 17.3 Å². The van der Waals surface area contributed by atoms with Crippen LogP contribution in [0, 0.1) is 0 Å². The summed E-state index contributed by atoms with van der Waals surface area (Å²) in [5, 5.41) is 7.01. The van der Waals surface area contributed by atoms with E-state index in [0.29, 0.717) is 21.9 Å². The van der Waals surface area contributed by atoms with Gasteiger partial charge in [0.25, 0.3) is 0 Å². The fraction of sp³-hybridized carbons (Fsp3) is 0.150. The number of ketones is 1. The molecule has 2 aliphatic heterocycles. The fourth-order valence-electron chi connectivity index (χ4n) is 2.82. The average Bonchev–Trinajstić information content (AvgIpc) is 3.15. The van der Waals surface area contributed by atoms with Gasteiger partial charge in [-0.15, -0.1) is 11.8 Å². The zero-order valence-corrected chi connectivity index (χ0v) is 16.2. The lowest BCUT2D eigenvalue weighted by Gasteiger charge is -2.22. The first-order valence-corrected chi connectivity index (χ1v) is 10.3. The van der Waals surface area contributed by atoms with Crippen molar-refractivity contribution in [1.82, 2.24) is 0 Å². The van der Waals surface area contributed by atoms with Gasteiger partial charge >= 0.3 is 5.97 Å². The highest BCUT2D eigenvalue weighted by molar-refractivity contribution is 8.19. The molecule has 0 radical (unpaired) electrons. The summed E-state index contributed by atoms with van der Waals surface area (Å²) in [6.07, 6.45) is 0. The number of benzene rings is 2. The molecule has 0 unspecified atom stereocenters. The van der Waals surface area contributed by atoms with Gasteiger partial charge in [-0.2, -0.15) is 5.10 Å². The van der Waals surface area contributed by atoms with Gasteiger partial charge in [0, 0.05) is 21.8 Å². The summed E-state index contributed by atoms with van der Waals surface area (Å²) in [6.45, 7) is 2.03. The number of fused-ring (bicyclic) bond motifs is 1. The highest BCUT2D eigenvalue weighted by Crippen LogP contribution is 2.42. The van der Waals surface area contributed by atoms with E-state index in [1.807, 2.05) is 54.6 Å². The van der Waals surface area contributed by atoms with Crippen LogP contribution in [-0.4, -0.2) is 29.2 Å². The summed E-state index contributed by atoms with van der Waals surface area (Å²) in [4.78, 5) is 26.3. The number of hydrogen-bond donors (Lipinski definition) is 0. The number of hydrogen-bond acceptors (Lipinski definition) is 7. The Morgan fingerprint density at radius 2 is 1.89 bits per heavy atom. The number of anilines is 1. The van der Waals surface area contributed by atoms with Gasteiger partial charge < -0.3 is 4.74 Å². The van der Waals surface area contributed by atoms with Crippen molar-refractivity contribution >= 4 is 46.0 Å². The van der Waals surface area contributed by atoms with Crippen molar-refractivity contribution in [3.63, 3.8) is 0 Å². The van der Waals surface area contributed by atoms with Gasteiger partial charge in [-0.05, 0) is 43.0 Å². The summed E-state index contributed by atoms with van der Waals surface area (Å²) in [5.41, 5.74) is 2.13. The number of hydrazone groups is 1. The predicted octanol–water partition coefficient (Wildman–Crippen LogP) is 4.32. The standard InChI is InChI=1S/C20H16N2O3S2/c1-2-25-20(24)18-21-22(13-8-4-3-5-9-13)19(27-18)15-12-26-16-11-7-6-10-14(16)17(15)23/h3-11H,2,12H2,1H3/b19-15-. The molecule has 5 nitrogen and oxygen atoms in total. The summed E-state index contributed by atoms with van der Waals surface area (Å²) in [7, 11) is 0. The lowest BCUT2D eigenvalue weighted by Crippen LogP contribution is -2.19. The summed E-state index contributed by atoms with van der Waals surface area (Å²) in [6, 6.07) is 17.1. The van der Waals surface area contributed by atoms with E-state index in [-0.39, 0.29) is 17.4 Å². The molecule has 0 aliphatic carbocycles. The highest BCUT2D eigenvalue weighted by Gasteiger charge is 2.35. The Morgan fingerprint density at radius 3 is 2.67 bits per heavy atom. The van der Waals surface area contributed by atoms with E-state index in [1.54, 1.807) is 23.7 Å². The van der Waals surface area contributed by atoms with E-state index < -0.39 is 5.97 Å². The molecule has 2 aromatic carbocycles. The molecule has 0 fully saturated rings. The number of rotatable bonds is 3. The second-order valence-corrected chi connectivity index (χ2v) is 7.77. The zero-order chi connectivity index (χ0) is 18.8. The lowest BCUT2D eigenvalue weighted by molar-refractivity contribution is -0.134. The van der Waals surface area contributed by atoms with Crippen molar-refractivity contribution in [2.45, 2.75) is 11.8 Å². The molecule has 0 saturated carbocycles. The summed E-state index contributed by atoms with van der Waals surface area (Å²) in [5.74, 6) is 0.0380.